The molecule has 2 aromatic rings. The third-order valence-corrected chi connectivity index (χ3v) is 5.95. The van der Waals surface area contributed by atoms with E-state index >= 15 is 0 Å². The normalized spacial score (nSPS) is 16.1. The van der Waals surface area contributed by atoms with Crippen LogP contribution in [0.3, 0.4) is 0 Å². The standard InChI is InChI=1S/C26H35N5O2/c1-3-30(19-22-12-8-5-9-13-22)25(33)18-29-26(27-2)28-17-23-16-24(32)31(20-23)15-14-21-10-6-4-7-11-21/h4-13,23H,3,14-20H2,1-2H3,(H2,27,28,29). The zero-order valence-electron chi connectivity index (χ0n) is 19.7. The Morgan fingerprint density at radius 2 is 1.73 bits per heavy atom. The van der Waals surface area contributed by atoms with Gasteiger partial charge in [-0.2, -0.15) is 0 Å². The van der Waals surface area contributed by atoms with Gasteiger partial charge in [-0.05, 0) is 24.5 Å². The van der Waals surface area contributed by atoms with Gasteiger partial charge in [0.2, 0.25) is 11.8 Å². The zero-order chi connectivity index (χ0) is 23.5. The number of likely N-dealkylation sites (N-methyl/N-ethyl adjacent to an activating group) is 1. The first-order valence-corrected chi connectivity index (χ1v) is 11.7. The van der Waals surface area contributed by atoms with Gasteiger partial charge in [-0.25, -0.2) is 0 Å². The number of nitrogens with one attached hydrogen (secondary N) is 2. The van der Waals surface area contributed by atoms with E-state index in [0.29, 0.717) is 32.0 Å². The molecule has 7 heteroatoms. The van der Waals surface area contributed by atoms with Gasteiger partial charge in [-0.3, -0.25) is 14.6 Å². The van der Waals surface area contributed by atoms with Gasteiger partial charge in [0.15, 0.2) is 5.96 Å². The molecule has 0 aromatic heterocycles. The fourth-order valence-corrected chi connectivity index (χ4v) is 4.03. The summed E-state index contributed by atoms with van der Waals surface area (Å²) in [6.07, 6.45) is 1.41. The Morgan fingerprint density at radius 1 is 1.06 bits per heavy atom. The lowest BCUT2D eigenvalue weighted by atomic mass is 10.1. The Hall–Kier alpha value is -3.35. The topological polar surface area (TPSA) is 77.0 Å². The molecule has 1 aliphatic rings. The van der Waals surface area contributed by atoms with Crippen molar-refractivity contribution in [2.24, 2.45) is 10.9 Å². The number of carbonyl (C=O) groups excluding carboxylic acids is 2. The van der Waals surface area contributed by atoms with E-state index in [2.05, 4.69) is 27.8 Å². The van der Waals surface area contributed by atoms with Crippen LogP contribution in [0.25, 0.3) is 0 Å². The number of aliphatic imine (C=N–C) groups is 1. The summed E-state index contributed by atoms with van der Waals surface area (Å²) in [5.74, 6) is 1.03. The van der Waals surface area contributed by atoms with E-state index in [1.165, 1.54) is 5.56 Å². The van der Waals surface area contributed by atoms with Gasteiger partial charge in [0.05, 0.1) is 6.54 Å². The van der Waals surface area contributed by atoms with E-state index < -0.39 is 0 Å². The molecule has 0 spiro atoms. The van der Waals surface area contributed by atoms with Gasteiger partial charge in [-0.1, -0.05) is 60.7 Å². The molecule has 176 valence electrons. The van der Waals surface area contributed by atoms with E-state index in [4.69, 9.17) is 0 Å². The number of hydrogen-bond donors (Lipinski definition) is 2. The lowest BCUT2D eigenvalue weighted by molar-refractivity contribution is -0.130. The molecule has 1 atom stereocenters. The van der Waals surface area contributed by atoms with E-state index in [9.17, 15) is 9.59 Å². The number of nitrogens with zero attached hydrogens (tertiary/aromatic N) is 3. The second kappa shape index (κ2) is 12.6. The molecule has 0 radical (unpaired) electrons. The van der Waals surface area contributed by atoms with Gasteiger partial charge in [0.1, 0.15) is 0 Å². The van der Waals surface area contributed by atoms with E-state index in [1.807, 2.05) is 65.3 Å². The average Bonchev–Trinajstić information content (AvgIpc) is 3.21. The minimum absolute atomic E-state index is 0.0208. The highest BCUT2D eigenvalue weighted by atomic mass is 16.2. The fraction of sp³-hybridized carbons (Fsp3) is 0.423. The maximum atomic E-state index is 12.7. The summed E-state index contributed by atoms with van der Waals surface area (Å²) in [6, 6.07) is 20.2. The van der Waals surface area contributed by atoms with Crippen LogP contribution < -0.4 is 10.6 Å². The molecule has 3 rings (SSSR count). The number of amides is 2. The fourth-order valence-electron chi connectivity index (χ4n) is 4.03. The maximum absolute atomic E-state index is 12.7. The highest BCUT2D eigenvalue weighted by Crippen LogP contribution is 2.17. The van der Waals surface area contributed by atoms with Crippen LogP contribution in [0.4, 0.5) is 0 Å². The van der Waals surface area contributed by atoms with Crippen LogP contribution in [0.1, 0.15) is 24.5 Å². The van der Waals surface area contributed by atoms with Crippen LogP contribution in [0.15, 0.2) is 65.7 Å². The molecule has 1 saturated heterocycles. The second-order valence-electron chi connectivity index (χ2n) is 8.35. The van der Waals surface area contributed by atoms with Crippen LogP contribution in [-0.4, -0.2) is 67.3 Å². The van der Waals surface area contributed by atoms with Crippen molar-refractivity contribution in [1.29, 1.82) is 0 Å². The molecule has 1 heterocycles. The van der Waals surface area contributed by atoms with E-state index in [1.54, 1.807) is 7.05 Å². The number of carbonyl (C=O) groups is 2. The van der Waals surface area contributed by atoms with Crippen molar-refractivity contribution in [2.45, 2.75) is 26.3 Å². The SMILES string of the molecule is CCN(Cc1ccccc1)C(=O)CNC(=NC)NCC1CC(=O)N(CCc2ccccc2)C1. The quantitative estimate of drug-likeness (QED) is 0.431. The summed E-state index contributed by atoms with van der Waals surface area (Å²) < 4.78 is 0. The molecule has 2 aromatic carbocycles. The molecule has 1 aliphatic heterocycles. The van der Waals surface area contributed by atoms with E-state index in [0.717, 1.165) is 25.1 Å². The molecule has 2 amide bonds. The van der Waals surface area contributed by atoms with Crippen molar-refractivity contribution in [3.63, 3.8) is 0 Å². The van der Waals surface area contributed by atoms with Crippen molar-refractivity contribution in [1.82, 2.24) is 20.4 Å². The van der Waals surface area contributed by atoms with Crippen molar-refractivity contribution in [3.05, 3.63) is 71.8 Å². The Morgan fingerprint density at radius 3 is 2.36 bits per heavy atom. The summed E-state index contributed by atoms with van der Waals surface area (Å²) in [5.41, 5.74) is 2.35. The minimum Gasteiger partial charge on any atom is -0.356 e. The Labute approximate surface area is 196 Å². The molecular weight excluding hydrogens is 414 g/mol. The molecule has 7 nitrogen and oxygen atoms in total. The predicted octanol–water partition coefficient (Wildman–Crippen LogP) is 2.29. The van der Waals surface area contributed by atoms with Gasteiger partial charge in [0.25, 0.3) is 0 Å². The van der Waals surface area contributed by atoms with Crippen LogP contribution in [0, 0.1) is 5.92 Å². The largest absolute Gasteiger partial charge is 0.356 e. The number of likely N-dealkylation sites (tertiary alicyclic amines) is 1. The second-order valence-corrected chi connectivity index (χ2v) is 8.35. The Balaban J connectivity index is 1.40. The molecule has 0 bridgehead atoms. The Kier molecular flexibility index (Phi) is 9.30. The summed E-state index contributed by atoms with van der Waals surface area (Å²) in [4.78, 5) is 33.0. The molecule has 1 fully saturated rings. The van der Waals surface area contributed by atoms with Gasteiger partial charge >= 0.3 is 0 Å². The zero-order valence-corrected chi connectivity index (χ0v) is 19.7. The molecule has 0 aliphatic carbocycles. The number of guanidine groups is 1. The summed E-state index contributed by atoms with van der Waals surface area (Å²) >= 11 is 0. The molecule has 2 N–H and O–H groups in total. The maximum Gasteiger partial charge on any atom is 0.242 e. The van der Waals surface area contributed by atoms with Crippen LogP contribution in [-0.2, 0) is 22.6 Å². The molecule has 0 saturated carbocycles. The highest BCUT2D eigenvalue weighted by molar-refractivity contribution is 5.86. The van der Waals surface area contributed by atoms with Crippen molar-refractivity contribution >= 4 is 17.8 Å². The first-order valence-electron chi connectivity index (χ1n) is 11.7. The van der Waals surface area contributed by atoms with Gasteiger partial charge in [0, 0.05) is 52.1 Å². The van der Waals surface area contributed by atoms with Crippen molar-refractivity contribution in [3.8, 4) is 0 Å². The molecular formula is C26H35N5O2. The van der Waals surface area contributed by atoms with Gasteiger partial charge in [-0.15, -0.1) is 0 Å². The third kappa shape index (κ3) is 7.63. The van der Waals surface area contributed by atoms with Crippen LogP contribution in [0.2, 0.25) is 0 Å². The van der Waals surface area contributed by atoms with Crippen LogP contribution in [0.5, 0.6) is 0 Å². The Bertz CT molecular complexity index is 917. The number of hydrogen-bond acceptors (Lipinski definition) is 3. The lowest BCUT2D eigenvalue weighted by Gasteiger charge is -2.22. The van der Waals surface area contributed by atoms with E-state index in [-0.39, 0.29) is 24.3 Å². The predicted molar refractivity (Wildman–Crippen MR) is 132 cm³/mol. The first kappa shape index (κ1) is 24.3. The lowest BCUT2D eigenvalue weighted by Crippen LogP contribution is -2.45. The highest BCUT2D eigenvalue weighted by Gasteiger charge is 2.29. The van der Waals surface area contributed by atoms with Crippen LogP contribution >= 0.6 is 0 Å². The molecule has 33 heavy (non-hydrogen) atoms. The number of rotatable bonds is 10. The van der Waals surface area contributed by atoms with Crippen molar-refractivity contribution in [2.75, 3.05) is 39.8 Å². The summed E-state index contributed by atoms with van der Waals surface area (Å²) in [6.45, 7) is 5.52. The van der Waals surface area contributed by atoms with Crippen molar-refractivity contribution < 1.29 is 9.59 Å². The summed E-state index contributed by atoms with van der Waals surface area (Å²) in [7, 11) is 1.69. The minimum atomic E-state index is 0.0208. The third-order valence-electron chi connectivity index (χ3n) is 5.95. The average molecular weight is 450 g/mol. The molecule has 1 unspecified atom stereocenters. The number of benzene rings is 2. The monoisotopic (exact) mass is 449 g/mol. The van der Waals surface area contributed by atoms with Gasteiger partial charge < -0.3 is 20.4 Å². The summed E-state index contributed by atoms with van der Waals surface area (Å²) in [5, 5.41) is 6.39. The first-order chi connectivity index (χ1) is 16.1. The smallest absolute Gasteiger partial charge is 0.242 e.